The first-order valence-electron chi connectivity index (χ1n) is 8.91. The highest BCUT2D eigenvalue weighted by Crippen LogP contribution is 2.31. The maximum absolute atomic E-state index is 14.1. The Hall–Kier alpha value is -4.16. The molecule has 0 aliphatic heterocycles. The fourth-order valence-corrected chi connectivity index (χ4v) is 3.76. The van der Waals surface area contributed by atoms with E-state index in [9.17, 15) is 27.3 Å². The normalized spacial score (nSPS) is 11.3. The topological polar surface area (TPSA) is 154 Å². The van der Waals surface area contributed by atoms with Crippen molar-refractivity contribution in [2.24, 2.45) is 0 Å². The van der Waals surface area contributed by atoms with E-state index < -0.39 is 22.2 Å². The summed E-state index contributed by atoms with van der Waals surface area (Å²) in [6, 6.07) is 15.9. The second kappa shape index (κ2) is 8.17. The summed E-state index contributed by atoms with van der Waals surface area (Å²) in [4.78, 5) is 22.1. The van der Waals surface area contributed by atoms with Gasteiger partial charge in [-0.15, -0.1) is 0 Å². The number of carboxylic acid groups (broad SMARTS) is 1. The van der Waals surface area contributed by atoms with E-state index in [4.69, 9.17) is 0 Å². The number of carbonyl (C=O) groups is 1. The minimum Gasteiger partial charge on any atom is -0.478 e. The molecule has 0 amide bonds. The minimum atomic E-state index is -4.57. The summed E-state index contributed by atoms with van der Waals surface area (Å²) in [7, 11) is -4.57. The van der Waals surface area contributed by atoms with Crippen molar-refractivity contribution >= 4 is 50.1 Å². The molecule has 1 aromatic heterocycles. The molecule has 0 unspecified atom stereocenters. The molecule has 4 aromatic rings. The van der Waals surface area contributed by atoms with Gasteiger partial charge in [0.15, 0.2) is 0 Å². The number of aromatic carboxylic acids is 1. The zero-order chi connectivity index (χ0) is 22.9. The van der Waals surface area contributed by atoms with E-state index in [0.717, 1.165) is 0 Å². The number of benzene rings is 3. The molecule has 12 heteroatoms. The average Bonchev–Trinajstić information content (AvgIpc) is 2.72. The molecule has 4 N–H and O–H groups in total. The largest absolute Gasteiger partial charge is 0.478 e. The van der Waals surface area contributed by atoms with Crippen LogP contribution in [0, 0.1) is 12.1 Å². The lowest BCUT2D eigenvalue weighted by Crippen LogP contribution is -2.09. The molecular weight excluding hydrogens is 441 g/mol. The van der Waals surface area contributed by atoms with Crippen molar-refractivity contribution in [3.05, 3.63) is 72.3 Å². The van der Waals surface area contributed by atoms with E-state index in [1.165, 1.54) is 42.5 Å². The molecule has 3 aromatic carbocycles. The van der Waals surface area contributed by atoms with Crippen LogP contribution in [0.25, 0.3) is 10.8 Å². The van der Waals surface area contributed by atoms with Crippen molar-refractivity contribution in [3.63, 3.8) is 0 Å². The van der Waals surface area contributed by atoms with Gasteiger partial charge in [0.05, 0.1) is 16.9 Å². The third-order valence-corrected chi connectivity index (χ3v) is 5.22. The summed E-state index contributed by atoms with van der Waals surface area (Å²) in [6.07, 6.45) is -1.17. The van der Waals surface area contributed by atoms with Gasteiger partial charge in [-0.3, -0.25) is 4.55 Å². The number of aromatic nitrogens is 3. The molecule has 4 rings (SSSR count). The zero-order valence-electron chi connectivity index (χ0n) is 15.9. The quantitative estimate of drug-likeness (QED) is 0.319. The number of anilines is 4. The van der Waals surface area contributed by atoms with Gasteiger partial charge in [0.25, 0.3) is 10.1 Å². The van der Waals surface area contributed by atoms with Crippen LogP contribution in [-0.4, -0.2) is 39.0 Å². The highest BCUT2D eigenvalue weighted by Gasteiger charge is 2.18. The third-order valence-electron chi connectivity index (χ3n) is 4.32. The van der Waals surface area contributed by atoms with Crippen molar-refractivity contribution in [2.75, 3.05) is 10.6 Å². The van der Waals surface area contributed by atoms with Gasteiger partial charge in [-0.1, -0.05) is 30.3 Å². The predicted molar refractivity (Wildman–Crippen MR) is 112 cm³/mol. The van der Waals surface area contributed by atoms with E-state index >= 15 is 0 Å². The molecule has 32 heavy (non-hydrogen) atoms. The van der Waals surface area contributed by atoms with Crippen LogP contribution in [0.2, 0.25) is 0 Å². The van der Waals surface area contributed by atoms with Gasteiger partial charge < -0.3 is 15.7 Å². The number of carboxylic acids is 1. The van der Waals surface area contributed by atoms with E-state index in [-0.39, 0.29) is 39.1 Å². The van der Waals surface area contributed by atoms with Crippen molar-refractivity contribution in [3.8, 4) is 0 Å². The molecule has 0 saturated heterocycles. The first-order valence-corrected chi connectivity index (χ1v) is 10.4. The number of rotatable bonds is 6. The second-order valence-electron chi connectivity index (χ2n) is 6.40. The van der Waals surface area contributed by atoms with Crippen molar-refractivity contribution in [1.29, 1.82) is 0 Å². The summed E-state index contributed by atoms with van der Waals surface area (Å²) in [5.41, 5.74) is 0.213. The first-order chi connectivity index (χ1) is 15.2. The fraction of sp³-hybridized carbons (Fsp3) is 0. The first kappa shape index (κ1) is 21.1. The van der Waals surface area contributed by atoms with E-state index in [2.05, 4.69) is 31.7 Å². The SMILES string of the molecule is O=C(O)c1ccccc1Nc1nc(F)nc(Nc2cc[c]c3cccc(S(=O)(=O)O)c23)n1. The predicted octanol–water partition coefficient (Wildman–Crippen LogP) is 3.40. The summed E-state index contributed by atoms with van der Waals surface area (Å²) in [5, 5.41) is 15.1. The number of para-hydroxylation sites is 1. The molecule has 0 fully saturated rings. The smallest absolute Gasteiger partial charge is 0.337 e. The molecule has 0 atom stereocenters. The Morgan fingerprint density at radius 2 is 1.62 bits per heavy atom. The van der Waals surface area contributed by atoms with Crippen molar-refractivity contribution < 1.29 is 27.3 Å². The highest BCUT2D eigenvalue weighted by molar-refractivity contribution is 7.86. The van der Waals surface area contributed by atoms with E-state index in [0.29, 0.717) is 5.39 Å². The molecule has 10 nitrogen and oxygen atoms in total. The molecule has 1 heterocycles. The summed E-state index contributed by atoms with van der Waals surface area (Å²) in [6.45, 7) is 0. The highest BCUT2D eigenvalue weighted by atomic mass is 32.2. The Balaban J connectivity index is 1.75. The average molecular weight is 454 g/mol. The Morgan fingerprint density at radius 1 is 0.938 bits per heavy atom. The van der Waals surface area contributed by atoms with Gasteiger partial charge in [0.2, 0.25) is 11.9 Å². The van der Waals surface area contributed by atoms with E-state index in [1.807, 2.05) is 0 Å². The van der Waals surface area contributed by atoms with Gasteiger partial charge in [-0.2, -0.15) is 27.8 Å². The maximum atomic E-state index is 14.1. The molecule has 1 radical (unpaired) electrons. The monoisotopic (exact) mass is 454 g/mol. The van der Waals surface area contributed by atoms with Crippen LogP contribution < -0.4 is 10.6 Å². The number of nitrogens with one attached hydrogen (secondary N) is 2. The minimum absolute atomic E-state index is 0.0785. The third kappa shape index (κ3) is 4.31. The standard InChI is InChI=1S/C20H13FN5O5S/c21-18-24-19(22-13-8-2-1-7-12(13)17(27)28)26-20(25-18)23-14-9-3-5-11-6-4-10-15(16(11)14)32(29,30)31/h1-4,6-10H,(H,27,28)(H,29,30,31)(H2,22,23,24,25,26). The maximum Gasteiger partial charge on any atom is 0.337 e. The zero-order valence-corrected chi connectivity index (χ0v) is 16.8. The lowest BCUT2D eigenvalue weighted by Gasteiger charge is -2.12. The van der Waals surface area contributed by atoms with Gasteiger partial charge in [-0.25, -0.2) is 4.79 Å². The van der Waals surface area contributed by atoms with E-state index in [1.54, 1.807) is 12.1 Å². The number of nitrogens with zero attached hydrogens (tertiary/aromatic N) is 3. The molecular formula is C20H13FN5O5S. The van der Waals surface area contributed by atoms with Crippen LogP contribution in [0.3, 0.4) is 0 Å². The van der Waals surface area contributed by atoms with Crippen LogP contribution in [0.15, 0.2) is 59.5 Å². The molecule has 0 aliphatic carbocycles. The van der Waals surface area contributed by atoms with Gasteiger partial charge in [0, 0.05) is 5.39 Å². The van der Waals surface area contributed by atoms with Crippen LogP contribution >= 0.6 is 0 Å². The molecule has 0 aliphatic rings. The van der Waals surface area contributed by atoms with Gasteiger partial charge in [0.1, 0.15) is 4.90 Å². The lowest BCUT2D eigenvalue weighted by molar-refractivity contribution is 0.0698. The Bertz CT molecular complexity index is 1460. The summed E-state index contributed by atoms with van der Waals surface area (Å²) in [5.74, 6) is -1.77. The molecule has 0 bridgehead atoms. The van der Waals surface area contributed by atoms with Gasteiger partial charge >= 0.3 is 12.0 Å². The van der Waals surface area contributed by atoms with Crippen molar-refractivity contribution in [1.82, 2.24) is 15.0 Å². The Morgan fingerprint density at radius 3 is 2.31 bits per heavy atom. The van der Waals surface area contributed by atoms with Crippen LogP contribution in [-0.2, 0) is 10.1 Å². The molecule has 0 saturated carbocycles. The van der Waals surface area contributed by atoms with Crippen molar-refractivity contribution in [2.45, 2.75) is 4.90 Å². The Labute approximate surface area is 180 Å². The second-order valence-corrected chi connectivity index (χ2v) is 7.79. The Kier molecular flexibility index (Phi) is 5.38. The summed E-state index contributed by atoms with van der Waals surface area (Å²) < 4.78 is 47.3. The van der Waals surface area contributed by atoms with Crippen LogP contribution in [0.1, 0.15) is 10.4 Å². The number of hydrogen-bond donors (Lipinski definition) is 4. The number of fused-ring (bicyclic) bond motifs is 1. The lowest BCUT2D eigenvalue weighted by atomic mass is 10.1. The van der Waals surface area contributed by atoms with Gasteiger partial charge in [-0.05, 0) is 35.7 Å². The van der Waals surface area contributed by atoms with Crippen LogP contribution in [0.4, 0.5) is 27.7 Å². The summed E-state index contributed by atoms with van der Waals surface area (Å²) >= 11 is 0. The molecule has 0 spiro atoms. The number of hydrogen-bond acceptors (Lipinski definition) is 8. The fourth-order valence-electron chi connectivity index (χ4n) is 3.03. The molecule has 161 valence electrons. The van der Waals surface area contributed by atoms with Crippen LogP contribution in [0.5, 0.6) is 0 Å². The number of halogens is 1.